The van der Waals surface area contributed by atoms with Gasteiger partial charge in [-0.05, 0) is 12.8 Å². The molecule has 1 aliphatic heterocycles. The van der Waals surface area contributed by atoms with E-state index in [4.69, 9.17) is 0 Å². The number of likely N-dealkylation sites (N-methyl/N-ethyl adjacent to an activating group) is 1. The minimum atomic E-state index is -1.16. The lowest BCUT2D eigenvalue weighted by Crippen LogP contribution is -3.00. The molecule has 5 nitrogen and oxygen atoms in total. The summed E-state index contributed by atoms with van der Waals surface area (Å²) in [5.74, 6) is 0. The average Bonchev–Trinajstić information content (AvgIpc) is 2.02. The Bertz CT molecular complexity index is 210. The van der Waals surface area contributed by atoms with Gasteiger partial charge in [0, 0.05) is 14.1 Å². The Hall–Kier alpha value is -0.330. The van der Waals surface area contributed by atoms with Crippen LogP contribution in [0.2, 0.25) is 0 Å². The van der Waals surface area contributed by atoms with Crippen LogP contribution in [-0.2, 0) is 0 Å². The lowest BCUT2D eigenvalue weighted by molar-refractivity contribution is -0.898. The first-order chi connectivity index (χ1) is 6.74. The average molecular weight is 298 g/mol. The van der Waals surface area contributed by atoms with E-state index in [1.165, 1.54) is 27.1 Å². The van der Waals surface area contributed by atoms with Gasteiger partial charge in [-0.15, -0.1) is 0 Å². The first-order valence-electron chi connectivity index (χ1n) is 5.13. The largest absolute Gasteiger partial charge is 1.00 e. The molecule has 0 saturated carbocycles. The van der Waals surface area contributed by atoms with Crippen LogP contribution in [0, 0.1) is 0 Å². The van der Waals surface area contributed by atoms with Gasteiger partial charge in [0.25, 0.3) is 0 Å². The number of carbonyl (C=O) groups is 1. The lowest BCUT2D eigenvalue weighted by atomic mass is 10.1. The molecule has 1 fully saturated rings. The SMILES string of the molecule is CN(C)C(=O)[O-].C[N+]1(C)CCCC(O)C1.[Br-]. The van der Waals surface area contributed by atoms with Crippen molar-refractivity contribution in [2.75, 3.05) is 41.3 Å². The standard InChI is InChI=1S/C7H16NO.C3H7NO2.BrH/c1-8(2)5-3-4-7(9)6-8;1-4(2)3(5)6;/h7,9H,3-6H2,1-2H3;1-2H3,(H,5,6);1H/q+1;;/p-2. The highest BCUT2D eigenvalue weighted by atomic mass is 79.9. The van der Waals surface area contributed by atoms with Gasteiger partial charge < -0.3 is 41.4 Å². The normalized spacial score (nSPS) is 22.2. The van der Waals surface area contributed by atoms with E-state index in [2.05, 4.69) is 14.1 Å². The summed E-state index contributed by atoms with van der Waals surface area (Å²) in [6.07, 6.45) is 0.972. The van der Waals surface area contributed by atoms with Crippen molar-refractivity contribution < 1.29 is 36.5 Å². The van der Waals surface area contributed by atoms with Crippen molar-refractivity contribution in [2.45, 2.75) is 18.9 Å². The Labute approximate surface area is 108 Å². The summed E-state index contributed by atoms with van der Waals surface area (Å²) in [5, 5.41) is 18.7. The minimum absolute atomic E-state index is 0. The molecule has 0 aromatic heterocycles. The van der Waals surface area contributed by atoms with Crippen LogP contribution >= 0.6 is 0 Å². The van der Waals surface area contributed by atoms with Crippen LogP contribution in [0.1, 0.15) is 12.8 Å². The van der Waals surface area contributed by atoms with E-state index in [-0.39, 0.29) is 23.1 Å². The van der Waals surface area contributed by atoms with E-state index in [0.29, 0.717) is 0 Å². The molecular formula is C10H22BrN2O3-. The van der Waals surface area contributed by atoms with Gasteiger partial charge in [-0.1, -0.05) is 0 Å². The molecule has 98 valence electrons. The molecule has 1 unspecified atom stereocenters. The number of carbonyl (C=O) groups excluding carboxylic acids is 1. The van der Waals surface area contributed by atoms with Gasteiger partial charge in [-0.3, -0.25) is 0 Å². The molecule has 1 aliphatic rings. The number of hydrogen-bond acceptors (Lipinski definition) is 3. The van der Waals surface area contributed by atoms with Crippen LogP contribution in [0.15, 0.2) is 0 Å². The van der Waals surface area contributed by atoms with Gasteiger partial charge in [0.15, 0.2) is 0 Å². The maximum absolute atomic E-state index is 9.51. The van der Waals surface area contributed by atoms with Crippen molar-refractivity contribution >= 4 is 6.09 Å². The third kappa shape index (κ3) is 8.94. The maximum atomic E-state index is 9.51. The number of hydrogen-bond donors (Lipinski definition) is 1. The van der Waals surface area contributed by atoms with Crippen LogP contribution in [0.5, 0.6) is 0 Å². The molecular weight excluding hydrogens is 276 g/mol. The highest BCUT2D eigenvalue weighted by Crippen LogP contribution is 2.13. The number of amides is 1. The fraction of sp³-hybridized carbons (Fsp3) is 0.900. The van der Waals surface area contributed by atoms with Gasteiger partial charge in [0.1, 0.15) is 18.7 Å². The van der Waals surface area contributed by atoms with E-state index in [0.717, 1.165) is 22.3 Å². The molecule has 1 atom stereocenters. The summed E-state index contributed by atoms with van der Waals surface area (Å²) in [5.41, 5.74) is 0. The van der Waals surface area contributed by atoms with E-state index in [1.54, 1.807) is 0 Å². The number of halogens is 1. The molecule has 1 saturated heterocycles. The number of aliphatic hydroxyl groups is 1. The third-order valence-corrected chi connectivity index (χ3v) is 2.37. The molecule has 1 N–H and O–H groups in total. The summed E-state index contributed by atoms with van der Waals surface area (Å²) in [7, 11) is 7.16. The zero-order valence-electron chi connectivity index (χ0n) is 10.4. The molecule has 0 aliphatic carbocycles. The summed E-state index contributed by atoms with van der Waals surface area (Å²) >= 11 is 0. The monoisotopic (exact) mass is 297 g/mol. The van der Waals surface area contributed by atoms with E-state index in [1.807, 2.05) is 0 Å². The Balaban J connectivity index is 0. The highest BCUT2D eigenvalue weighted by molar-refractivity contribution is 5.61. The van der Waals surface area contributed by atoms with Crippen LogP contribution in [0.25, 0.3) is 0 Å². The topological polar surface area (TPSA) is 63.6 Å². The van der Waals surface area contributed by atoms with Crippen molar-refractivity contribution in [1.82, 2.24) is 4.90 Å². The number of likely N-dealkylation sites (tertiary alicyclic amines) is 1. The van der Waals surface area contributed by atoms with Crippen LogP contribution in [0.4, 0.5) is 4.79 Å². The van der Waals surface area contributed by atoms with Crippen LogP contribution in [-0.4, -0.2) is 68.0 Å². The lowest BCUT2D eigenvalue weighted by Gasteiger charge is -2.35. The zero-order valence-corrected chi connectivity index (χ0v) is 12.0. The summed E-state index contributed by atoms with van der Waals surface area (Å²) in [6, 6.07) is 0. The Kier molecular flexibility index (Phi) is 8.87. The fourth-order valence-corrected chi connectivity index (χ4v) is 1.51. The quantitative estimate of drug-likeness (QED) is 0.465. The predicted molar refractivity (Wildman–Crippen MR) is 56.2 cm³/mol. The molecule has 0 radical (unpaired) electrons. The third-order valence-electron chi connectivity index (χ3n) is 2.37. The van der Waals surface area contributed by atoms with Crippen LogP contribution in [0.3, 0.4) is 0 Å². The van der Waals surface area contributed by atoms with E-state index in [9.17, 15) is 15.0 Å². The summed E-state index contributed by atoms with van der Waals surface area (Å²) in [4.78, 5) is 10.5. The van der Waals surface area contributed by atoms with E-state index < -0.39 is 6.09 Å². The molecule has 1 heterocycles. The number of rotatable bonds is 0. The second kappa shape index (κ2) is 7.86. The highest BCUT2D eigenvalue weighted by Gasteiger charge is 2.25. The predicted octanol–water partition coefficient (Wildman–Crippen LogP) is -3.89. The molecule has 6 heteroatoms. The van der Waals surface area contributed by atoms with Crippen molar-refractivity contribution in [3.05, 3.63) is 0 Å². The smallest absolute Gasteiger partial charge is 0.136 e. The molecule has 1 rings (SSSR count). The maximum Gasteiger partial charge on any atom is 0.136 e. The molecule has 0 aromatic rings. The fourth-order valence-electron chi connectivity index (χ4n) is 1.51. The first-order valence-corrected chi connectivity index (χ1v) is 5.13. The Morgan fingerprint density at radius 1 is 1.44 bits per heavy atom. The molecule has 1 amide bonds. The number of nitrogens with zero attached hydrogens (tertiary/aromatic N) is 2. The zero-order chi connectivity index (χ0) is 12.1. The van der Waals surface area contributed by atoms with Gasteiger partial charge in [-0.25, -0.2) is 0 Å². The second-order valence-corrected chi connectivity index (χ2v) is 4.80. The summed E-state index contributed by atoms with van der Waals surface area (Å²) in [6.45, 7) is 2.15. The number of piperidine rings is 1. The van der Waals surface area contributed by atoms with Crippen molar-refractivity contribution in [2.24, 2.45) is 0 Å². The van der Waals surface area contributed by atoms with Gasteiger partial charge >= 0.3 is 0 Å². The van der Waals surface area contributed by atoms with Crippen molar-refractivity contribution in [3.63, 3.8) is 0 Å². The molecule has 0 aromatic carbocycles. The minimum Gasteiger partial charge on any atom is -1.00 e. The molecule has 0 spiro atoms. The number of quaternary nitrogens is 1. The van der Waals surface area contributed by atoms with Crippen molar-refractivity contribution in [1.29, 1.82) is 0 Å². The molecule has 0 bridgehead atoms. The van der Waals surface area contributed by atoms with Crippen molar-refractivity contribution in [3.8, 4) is 0 Å². The second-order valence-electron chi connectivity index (χ2n) is 4.80. The van der Waals surface area contributed by atoms with Crippen LogP contribution < -0.4 is 22.1 Å². The number of carboxylic acid groups (broad SMARTS) is 1. The first kappa shape index (κ1) is 18.0. The van der Waals surface area contributed by atoms with Gasteiger partial charge in [0.2, 0.25) is 0 Å². The van der Waals surface area contributed by atoms with Gasteiger partial charge in [0.05, 0.1) is 20.6 Å². The number of aliphatic hydroxyl groups excluding tert-OH is 1. The molecule has 16 heavy (non-hydrogen) atoms. The van der Waals surface area contributed by atoms with E-state index >= 15 is 0 Å². The summed E-state index contributed by atoms with van der Waals surface area (Å²) < 4.78 is 0.987. The Morgan fingerprint density at radius 3 is 2.06 bits per heavy atom. The van der Waals surface area contributed by atoms with Gasteiger partial charge in [-0.2, -0.15) is 0 Å². The Morgan fingerprint density at radius 2 is 1.88 bits per heavy atom.